The van der Waals surface area contributed by atoms with Gasteiger partial charge in [-0.2, -0.15) is 4.39 Å². The molecular weight excluding hydrogens is 313 g/mol. The zero-order chi connectivity index (χ0) is 17.0. The Morgan fingerprint density at radius 3 is 3.00 bits per heavy atom. The van der Waals surface area contributed by atoms with E-state index in [4.69, 9.17) is 14.6 Å². The van der Waals surface area contributed by atoms with E-state index in [-0.39, 0.29) is 37.7 Å². The lowest BCUT2D eigenvalue weighted by Crippen LogP contribution is -2.47. The first kappa shape index (κ1) is 16.7. The van der Waals surface area contributed by atoms with Crippen LogP contribution in [-0.4, -0.2) is 60.5 Å². The molecule has 23 heavy (non-hydrogen) atoms. The Balaban J connectivity index is 2.15. The standard InChI is InChI=1S/C13H16FN3O6/c1-22-10-3-2-9(14)12(17(20)21)11(10)15-6-8-7-16(13(18)19)4-5-23-8/h2-3,8,15H,4-7H2,1H3,(H,18,19)/t8-/m1/s1. The van der Waals surface area contributed by atoms with Crippen molar-refractivity contribution in [1.29, 1.82) is 0 Å². The van der Waals surface area contributed by atoms with Gasteiger partial charge in [0.1, 0.15) is 5.75 Å². The third-order valence-electron chi connectivity index (χ3n) is 3.41. The van der Waals surface area contributed by atoms with Crippen molar-refractivity contribution in [2.75, 3.05) is 38.7 Å². The minimum absolute atomic E-state index is 0.0738. The molecule has 1 aliphatic heterocycles. The number of carbonyl (C=O) groups is 1. The number of nitro groups is 1. The van der Waals surface area contributed by atoms with Crippen molar-refractivity contribution in [2.45, 2.75) is 6.10 Å². The molecule has 0 unspecified atom stereocenters. The second kappa shape index (κ2) is 7.09. The lowest BCUT2D eigenvalue weighted by Gasteiger charge is -2.31. The summed E-state index contributed by atoms with van der Waals surface area (Å²) < 4.78 is 24.1. The number of nitrogens with zero attached hydrogens (tertiary/aromatic N) is 2. The molecular formula is C13H16FN3O6. The van der Waals surface area contributed by atoms with E-state index in [1.54, 1.807) is 0 Å². The minimum Gasteiger partial charge on any atom is -0.494 e. The molecule has 0 radical (unpaired) electrons. The molecule has 1 heterocycles. The van der Waals surface area contributed by atoms with Gasteiger partial charge in [-0.1, -0.05) is 0 Å². The van der Waals surface area contributed by atoms with Gasteiger partial charge in [-0.15, -0.1) is 0 Å². The van der Waals surface area contributed by atoms with Gasteiger partial charge in [0.15, 0.2) is 5.69 Å². The average molecular weight is 329 g/mol. The van der Waals surface area contributed by atoms with Crippen molar-refractivity contribution in [3.05, 3.63) is 28.1 Å². The maximum absolute atomic E-state index is 13.7. The van der Waals surface area contributed by atoms with Crippen LogP contribution in [0.15, 0.2) is 12.1 Å². The van der Waals surface area contributed by atoms with Crippen molar-refractivity contribution < 1.29 is 28.7 Å². The van der Waals surface area contributed by atoms with Gasteiger partial charge in [0, 0.05) is 13.1 Å². The van der Waals surface area contributed by atoms with E-state index in [2.05, 4.69) is 5.32 Å². The molecule has 1 fully saturated rings. The van der Waals surface area contributed by atoms with Crippen LogP contribution >= 0.6 is 0 Å². The molecule has 2 N–H and O–H groups in total. The van der Waals surface area contributed by atoms with Crippen LogP contribution in [0.2, 0.25) is 0 Å². The van der Waals surface area contributed by atoms with Crippen LogP contribution in [0.3, 0.4) is 0 Å². The second-order valence-electron chi connectivity index (χ2n) is 4.83. The van der Waals surface area contributed by atoms with Gasteiger partial charge >= 0.3 is 11.8 Å². The Morgan fingerprint density at radius 1 is 1.65 bits per heavy atom. The number of nitro benzene ring substituents is 1. The number of rotatable bonds is 5. The van der Waals surface area contributed by atoms with Crippen LogP contribution in [0.5, 0.6) is 5.75 Å². The van der Waals surface area contributed by atoms with E-state index in [9.17, 15) is 19.3 Å². The number of benzene rings is 1. The van der Waals surface area contributed by atoms with Crippen molar-refractivity contribution in [3.63, 3.8) is 0 Å². The number of morpholine rings is 1. The molecule has 126 valence electrons. The molecule has 1 amide bonds. The summed E-state index contributed by atoms with van der Waals surface area (Å²) in [6.45, 7) is 0.675. The van der Waals surface area contributed by atoms with Gasteiger partial charge in [-0.3, -0.25) is 10.1 Å². The fraction of sp³-hybridized carbons (Fsp3) is 0.462. The zero-order valence-corrected chi connectivity index (χ0v) is 12.3. The highest BCUT2D eigenvalue weighted by atomic mass is 19.1. The number of halogens is 1. The molecule has 1 aromatic rings. The number of hydrogen-bond acceptors (Lipinski definition) is 6. The number of methoxy groups -OCH3 is 1. The van der Waals surface area contributed by atoms with Crippen molar-refractivity contribution >= 4 is 17.5 Å². The predicted octanol–water partition coefficient (Wildman–Crippen LogP) is 1.53. The topological polar surface area (TPSA) is 114 Å². The Labute approximate surface area is 130 Å². The molecule has 0 bridgehead atoms. The third-order valence-corrected chi connectivity index (χ3v) is 3.41. The van der Waals surface area contributed by atoms with Crippen molar-refractivity contribution in [3.8, 4) is 5.75 Å². The van der Waals surface area contributed by atoms with Gasteiger partial charge in [-0.05, 0) is 12.1 Å². The van der Waals surface area contributed by atoms with Crippen LogP contribution < -0.4 is 10.1 Å². The van der Waals surface area contributed by atoms with E-state index < -0.39 is 28.6 Å². The molecule has 10 heteroatoms. The van der Waals surface area contributed by atoms with Crippen molar-refractivity contribution in [1.82, 2.24) is 4.90 Å². The quantitative estimate of drug-likeness (QED) is 0.622. The van der Waals surface area contributed by atoms with Crippen LogP contribution in [-0.2, 0) is 4.74 Å². The van der Waals surface area contributed by atoms with Crippen LogP contribution in [0.25, 0.3) is 0 Å². The van der Waals surface area contributed by atoms with Gasteiger partial charge in [-0.25, -0.2) is 4.79 Å². The van der Waals surface area contributed by atoms with E-state index in [0.29, 0.717) is 0 Å². The number of carboxylic acid groups (broad SMARTS) is 1. The maximum Gasteiger partial charge on any atom is 0.407 e. The first-order valence-electron chi connectivity index (χ1n) is 6.78. The molecule has 0 aliphatic carbocycles. The average Bonchev–Trinajstić information content (AvgIpc) is 2.52. The van der Waals surface area contributed by atoms with Crippen LogP contribution in [0.4, 0.5) is 20.6 Å². The highest BCUT2D eigenvalue weighted by Gasteiger charge is 2.27. The summed E-state index contributed by atoms with van der Waals surface area (Å²) in [5.41, 5.74) is -0.830. The normalized spacial score (nSPS) is 17.7. The Kier molecular flexibility index (Phi) is 5.16. The predicted molar refractivity (Wildman–Crippen MR) is 77.4 cm³/mol. The molecule has 1 aromatic carbocycles. The SMILES string of the molecule is COc1ccc(F)c([N+](=O)[O-])c1NC[C@@H]1CN(C(=O)O)CCO1. The lowest BCUT2D eigenvalue weighted by molar-refractivity contribution is -0.386. The highest BCUT2D eigenvalue weighted by Crippen LogP contribution is 2.36. The summed E-state index contributed by atoms with van der Waals surface area (Å²) in [6.07, 6.45) is -1.57. The maximum atomic E-state index is 13.7. The summed E-state index contributed by atoms with van der Waals surface area (Å²) in [5, 5.41) is 22.8. The first-order chi connectivity index (χ1) is 10.9. The fourth-order valence-corrected chi connectivity index (χ4v) is 2.30. The summed E-state index contributed by atoms with van der Waals surface area (Å²) in [4.78, 5) is 22.4. The van der Waals surface area contributed by atoms with Crippen LogP contribution in [0.1, 0.15) is 0 Å². The summed E-state index contributed by atoms with van der Waals surface area (Å²) >= 11 is 0. The lowest BCUT2D eigenvalue weighted by atomic mass is 10.2. The molecule has 2 rings (SSSR count). The van der Waals surface area contributed by atoms with Gasteiger partial charge < -0.3 is 24.8 Å². The van der Waals surface area contributed by atoms with Gasteiger partial charge in [0.05, 0.1) is 31.3 Å². The summed E-state index contributed by atoms with van der Waals surface area (Å²) in [6, 6.07) is 2.22. The molecule has 9 nitrogen and oxygen atoms in total. The van der Waals surface area contributed by atoms with E-state index in [1.807, 2.05) is 0 Å². The van der Waals surface area contributed by atoms with Gasteiger partial charge in [0.25, 0.3) is 0 Å². The molecule has 1 atom stereocenters. The van der Waals surface area contributed by atoms with Crippen LogP contribution in [0, 0.1) is 15.9 Å². The molecule has 1 saturated heterocycles. The number of nitrogens with one attached hydrogen (secondary N) is 1. The van der Waals surface area contributed by atoms with Gasteiger partial charge in [0.2, 0.25) is 5.82 Å². The molecule has 0 saturated carbocycles. The first-order valence-corrected chi connectivity index (χ1v) is 6.78. The Hall–Kier alpha value is -2.62. The number of anilines is 1. The van der Waals surface area contributed by atoms with Crippen molar-refractivity contribution in [2.24, 2.45) is 0 Å². The van der Waals surface area contributed by atoms with E-state index in [0.717, 1.165) is 6.07 Å². The highest BCUT2D eigenvalue weighted by molar-refractivity contribution is 5.70. The number of hydrogen-bond donors (Lipinski definition) is 2. The molecule has 1 aliphatic rings. The monoisotopic (exact) mass is 329 g/mol. The largest absolute Gasteiger partial charge is 0.494 e. The Morgan fingerprint density at radius 2 is 2.39 bits per heavy atom. The second-order valence-corrected chi connectivity index (χ2v) is 4.83. The van der Waals surface area contributed by atoms with E-state index >= 15 is 0 Å². The minimum atomic E-state index is -1.06. The zero-order valence-electron chi connectivity index (χ0n) is 12.3. The number of amides is 1. The smallest absolute Gasteiger partial charge is 0.407 e. The molecule has 0 aromatic heterocycles. The summed E-state index contributed by atoms with van der Waals surface area (Å²) in [5.74, 6) is -0.876. The third kappa shape index (κ3) is 3.77. The fourth-order valence-electron chi connectivity index (χ4n) is 2.30. The number of ether oxygens (including phenoxy) is 2. The summed E-state index contributed by atoms with van der Waals surface area (Å²) in [7, 11) is 1.31. The Bertz CT molecular complexity index is 612. The van der Waals surface area contributed by atoms with E-state index in [1.165, 1.54) is 18.1 Å². The molecule has 0 spiro atoms.